The summed E-state index contributed by atoms with van der Waals surface area (Å²) in [6.45, 7) is 0. The number of anilines is 1. The fraction of sp³-hybridized carbons (Fsp3) is 0.120. The zero-order valence-corrected chi connectivity index (χ0v) is 20.8. The van der Waals surface area contributed by atoms with Gasteiger partial charge in [0.15, 0.2) is 5.11 Å². The van der Waals surface area contributed by atoms with Gasteiger partial charge in [-0.15, -0.1) is 0 Å². The molecule has 0 saturated carbocycles. The summed E-state index contributed by atoms with van der Waals surface area (Å²) in [7, 11) is 1.61. The van der Waals surface area contributed by atoms with Crippen LogP contribution in [-0.4, -0.2) is 21.8 Å². The standard InChI is InChI=1S/C25H20BrClN4OS/c1-32-22-12-11-18(15-19(22)27)31-24(23(29-25(31)33)20-5-2-3-13-28-20)21-6-4-14-30(21)17-9-7-16(26)8-10-17/h2-15,23-24H,1H3,(H,29,33)/t23-,24+/m0/s1. The number of hydrogen-bond donors (Lipinski definition) is 1. The Hall–Kier alpha value is -2.87. The molecule has 1 saturated heterocycles. The van der Waals surface area contributed by atoms with Gasteiger partial charge in [-0.3, -0.25) is 4.98 Å². The van der Waals surface area contributed by atoms with Crippen LogP contribution >= 0.6 is 39.7 Å². The first-order valence-corrected chi connectivity index (χ1v) is 11.9. The van der Waals surface area contributed by atoms with E-state index in [9.17, 15) is 0 Å². The van der Waals surface area contributed by atoms with E-state index in [2.05, 4.69) is 60.1 Å². The van der Waals surface area contributed by atoms with Crippen LogP contribution < -0.4 is 15.0 Å². The predicted octanol–water partition coefficient (Wildman–Crippen LogP) is 6.47. The first-order valence-electron chi connectivity index (χ1n) is 10.3. The minimum absolute atomic E-state index is 0.149. The molecule has 2 aromatic carbocycles. The maximum Gasteiger partial charge on any atom is 0.174 e. The van der Waals surface area contributed by atoms with E-state index in [-0.39, 0.29) is 12.1 Å². The molecule has 5 nitrogen and oxygen atoms in total. The summed E-state index contributed by atoms with van der Waals surface area (Å²) < 4.78 is 8.56. The minimum Gasteiger partial charge on any atom is -0.495 e. The number of thiocarbonyl (C=S) groups is 1. The largest absolute Gasteiger partial charge is 0.495 e. The van der Waals surface area contributed by atoms with Crippen molar-refractivity contribution in [3.8, 4) is 11.4 Å². The smallest absolute Gasteiger partial charge is 0.174 e. The molecule has 1 aliphatic rings. The maximum atomic E-state index is 6.49. The molecule has 5 rings (SSSR count). The number of nitrogens with zero attached hydrogens (tertiary/aromatic N) is 3. The molecule has 0 amide bonds. The van der Waals surface area contributed by atoms with Crippen molar-refractivity contribution in [2.45, 2.75) is 12.1 Å². The van der Waals surface area contributed by atoms with E-state index in [1.807, 2.05) is 54.6 Å². The van der Waals surface area contributed by atoms with Crippen LogP contribution in [0.15, 0.2) is 89.7 Å². The Labute approximate surface area is 211 Å². The molecule has 0 bridgehead atoms. The molecular formula is C25H20BrClN4OS. The Balaban J connectivity index is 1.66. The highest BCUT2D eigenvalue weighted by Crippen LogP contribution is 2.43. The second-order valence-corrected chi connectivity index (χ2v) is 9.30. The van der Waals surface area contributed by atoms with Crippen LogP contribution in [-0.2, 0) is 0 Å². The van der Waals surface area contributed by atoms with Crippen molar-refractivity contribution in [1.29, 1.82) is 0 Å². The van der Waals surface area contributed by atoms with E-state index in [4.69, 9.17) is 28.6 Å². The molecule has 2 aromatic heterocycles. The van der Waals surface area contributed by atoms with Gasteiger partial charge < -0.3 is 19.5 Å². The molecule has 1 aliphatic heterocycles. The summed E-state index contributed by atoms with van der Waals surface area (Å²) in [4.78, 5) is 6.73. The minimum atomic E-state index is -0.157. The van der Waals surface area contributed by atoms with Crippen LogP contribution in [0.4, 0.5) is 5.69 Å². The average molecular weight is 540 g/mol. The third-order valence-corrected chi connectivity index (χ3v) is 6.84. The van der Waals surface area contributed by atoms with Crippen LogP contribution in [0.3, 0.4) is 0 Å². The Morgan fingerprint density at radius 3 is 2.52 bits per heavy atom. The van der Waals surface area contributed by atoms with Crippen molar-refractivity contribution in [2.75, 3.05) is 12.0 Å². The first kappa shape index (κ1) is 21.9. The molecule has 1 N–H and O–H groups in total. The SMILES string of the molecule is COc1ccc(N2C(=S)N[C@@H](c3ccccn3)[C@H]2c2cccn2-c2ccc(Br)cc2)cc1Cl. The van der Waals surface area contributed by atoms with Gasteiger partial charge in [-0.05, 0) is 78.9 Å². The highest BCUT2D eigenvalue weighted by atomic mass is 79.9. The second kappa shape index (κ2) is 9.17. The van der Waals surface area contributed by atoms with Crippen molar-refractivity contribution >= 4 is 50.5 Å². The van der Waals surface area contributed by atoms with Crippen LogP contribution in [0.5, 0.6) is 5.75 Å². The molecule has 0 aliphatic carbocycles. The topological polar surface area (TPSA) is 42.3 Å². The zero-order valence-electron chi connectivity index (χ0n) is 17.7. The quantitative estimate of drug-likeness (QED) is 0.294. The molecule has 3 heterocycles. The molecule has 8 heteroatoms. The van der Waals surface area contributed by atoms with Crippen molar-refractivity contribution in [3.05, 3.63) is 106 Å². The zero-order chi connectivity index (χ0) is 22.9. The van der Waals surface area contributed by atoms with Crippen molar-refractivity contribution in [1.82, 2.24) is 14.9 Å². The molecule has 166 valence electrons. The van der Waals surface area contributed by atoms with Crippen molar-refractivity contribution < 1.29 is 4.74 Å². The lowest BCUT2D eigenvalue weighted by molar-refractivity contribution is 0.415. The van der Waals surface area contributed by atoms with E-state index >= 15 is 0 Å². The molecule has 1 fully saturated rings. The number of methoxy groups -OCH3 is 1. The van der Waals surface area contributed by atoms with Gasteiger partial charge in [0.2, 0.25) is 0 Å². The number of aromatic nitrogens is 2. The summed E-state index contributed by atoms with van der Waals surface area (Å²) in [5, 5.41) is 4.63. The van der Waals surface area contributed by atoms with Gasteiger partial charge >= 0.3 is 0 Å². The van der Waals surface area contributed by atoms with Gasteiger partial charge in [-0.1, -0.05) is 33.6 Å². The number of benzene rings is 2. The van der Waals surface area contributed by atoms with Gasteiger partial charge in [0.25, 0.3) is 0 Å². The summed E-state index contributed by atoms with van der Waals surface area (Å²) in [6, 6.07) is 23.7. The predicted molar refractivity (Wildman–Crippen MR) is 139 cm³/mol. The first-order chi connectivity index (χ1) is 16.1. The number of hydrogen-bond acceptors (Lipinski definition) is 3. The van der Waals surface area contributed by atoms with Gasteiger partial charge in [-0.2, -0.15) is 0 Å². The number of ether oxygens (including phenoxy) is 1. The normalized spacial score (nSPS) is 17.8. The van der Waals surface area contributed by atoms with Crippen molar-refractivity contribution in [3.63, 3.8) is 0 Å². The van der Waals surface area contributed by atoms with E-state index < -0.39 is 0 Å². The molecule has 0 unspecified atom stereocenters. The van der Waals surface area contributed by atoms with Crippen LogP contribution in [0.2, 0.25) is 5.02 Å². The Morgan fingerprint density at radius 1 is 1.03 bits per heavy atom. The highest BCUT2D eigenvalue weighted by Gasteiger charge is 2.42. The van der Waals surface area contributed by atoms with Gasteiger partial charge in [0.05, 0.1) is 23.9 Å². The maximum absolute atomic E-state index is 6.49. The fourth-order valence-electron chi connectivity index (χ4n) is 4.21. The van der Waals surface area contributed by atoms with Crippen LogP contribution in [0, 0.1) is 0 Å². The van der Waals surface area contributed by atoms with Gasteiger partial charge in [-0.25, -0.2) is 0 Å². The number of pyridine rings is 1. The van der Waals surface area contributed by atoms with E-state index in [1.54, 1.807) is 13.3 Å². The van der Waals surface area contributed by atoms with Gasteiger partial charge in [0.1, 0.15) is 11.8 Å². The third-order valence-electron chi connectivity index (χ3n) is 5.70. The lowest BCUT2D eigenvalue weighted by Crippen LogP contribution is -2.30. The Kier molecular flexibility index (Phi) is 6.10. The Bertz CT molecular complexity index is 1300. The number of halogens is 2. The summed E-state index contributed by atoms with van der Waals surface area (Å²) in [5.74, 6) is 0.620. The second-order valence-electron chi connectivity index (χ2n) is 7.59. The molecule has 4 aromatic rings. The van der Waals surface area contributed by atoms with E-state index in [0.29, 0.717) is 15.9 Å². The highest BCUT2D eigenvalue weighted by molar-refractivity contribution is 9.10. The molecule has 0 spiro atoms. The third kappa shape index (κ3) is 4.12. The number of rotatable bonds is 5. The number of nitrogens with one attached hydrogen (secondary N) is 1. The monoisotopic (exact) mass is 538 g/mol. The summed E-state index contributed by atoms with van der Waals surface area (Å²) in [6.07, 6.45) is 3.87. The molecule has 33 heavy (non-hydrogen) atoms. The van der Waals surface area contributed by atoms with E-state index in [0.717, 1.165) is 27.2 Å². The lowest BCUT2D eigenvalue weighted by Gasteiger charge is -2.29. The summed E-state index contributed by atoms with van der Waals surface area (Å²) >= 11 is 15.8. The molecule has 0 radical (unpaired) electrons. The van der Waals surface area contributed by atoms with Gasteiger partial charge in [0, 0.05) is 33.9 Å². The average Bonchev–Trinajstić information content (AvgIpc) is 3.44. The summed E-state index contributed by atoms with van der Waals surface area (Å²) in [5.41, 5.74) is 3.93. The lowest BCUT2D eigenvalue weighted by atomic mass is 10.0. The van der Waals surface area contributed by atoms with E-state index in [1.165, 1.54) is 0 Å². The fourth-order valence-corrected chi connectivity index (χ4v) is 5.07. The van der Waals surface area contributed by atoms with Crippen LogP contribution in [0.1, 0.15) is 23.5 Å². The molecular weight excluding hydrogens is 520 g/mol. The Morgan fingerprint density at radius 2 is 1.82 bits per heavy atom. The van der Waals surface area contributed by atoms with Crippen molar-refractivity contribution in [2.24, 2.45) is 0 Å². The van der Waals surface area contributed by atoms with Crippen LogP contribution in [0.25, 0.3) is 5.69 Å². The molecule has 2 atom stereocenters.